The highest BCUT2D eigenvalue weighted by Gasteiger charge is 2.18. The summed E-state index contributed by atoms with van der Waals surface area (Å²) in [7, 11) is 0. The fourth-order valence-electron chi connectivity index (χ4n) is 3.85. The lowest BCUT2D eigenvalue weighted by Crippen LogP contribution is -2.18. The van der Waals surface area contributed by atoms with Crippen molar-refractivity contribution in [1.29, 1.82) is 0 Å². The Balaban J connectivity index is 1.60. The zero-order valence-electron chi connectivity index (χ0n) is 17.1. The normalized spacial score (nSPS) is 11.7. The molecule has 0 bridgehead atoms. The second kappa shape index (κ2) is 7.62. The number of aromatic nitrogens is 3. The first-order valence-electron chi connectivity index (χ1n) is 10.1. The van der Waals surface area contributed by atoms with Gasteiger partial charge in [0, 0.05) is 21.7 Å². The molecule has 4 heterocycles. The molecule has 5 nitrogen and oxygen atoms in total. The van der Waals surface area contributed by atoms with Gasteiger partial charge >= 0.3 is 0 Å². The van der Waals surface area contributed by atoms with Gasteiger partial charge in [-0.3, -0.25) is 4.79 Å². The van der Waals surface area contributed by atoms with Gasteiger partial charge in [-0.25, -0.2) is 4.98 Å². The number of nitrogens with zero attached hydrogens (tertiary/aromatic N) is 3. The lowest BCUT2D eigenvalue weighted by molar-refractivity contribution is 0.530. The average Bonchev–Trinajstić information content (AvgIpc) is 3.49. The monoisotopic (exact) mass is 455 g/mol. The third-order valence-corrected chi connectivity index (χ3v) is 7.35. The van der Waals surface area contributed by atoms with Crippen LogP contribution in [-0.4, -0.2) is 14.6 Å². The highest BCUT2D eigenvalue weighted by Crippen LogP contribution is 2.34. The van der Waals surface area contributed by atoms with Crippen molar-refractivity contribution >= 4 is 49.7 Å². The van der Waals surface area contributed by atoms with Crippen molar-refractivity contribution in [2.45, 2.75) is 17.7 Å². The SMILES string of the molecule is Cc1ccc(-c2csc3nc4c5ccccc5c(SCc5ccco5)nn4c(=O)c23)cc1. The molecule has 32 heavy (non-hydrogen) atoms. The molecular formula is C25H17N3O2S2. The van der Waals surface area contributed by atoms with E-state index in [-0.39, 0.29) is 5.56 Å². The van der Waals surface area contributed by atoms with Crippen molar-refractivity contribution in [3.63, 3.8) is 0 Å². The molecule has 7 heteroatoms. The highest BCUT2D eigenvalue weighted by atomic mass is 32.2. The van der Waals surface area contributed by atoms with Gasteiger partial charge in [0.05, 0.1) is 17.4 Å². The zero-order chi connectivity index (χ0) is 21.7. The molecule has 2 aromatic carbocycles. The number of furan rings is 1. The van der Waals surface area contributed by atoms with E-state index in [9.17, 15) is 4.79 Å². The first-order valence-corrected chi connectivity index (χ1v) is 12.0. The molecule has 156 valence electrons. The lowest BCUT2D eigenvalue weighted by Gasteiger charge is -2.09. The molecule has 0 atom stereocenters. The van der Waals surface area contributed by atoms with Crippen LogP contribution in [0.2, 0.25) is 0 Å². The fraction of sp³-hybridized carbons (Fsp3) is 0.0800. The van der Waals surface area contributed by atoms with Gasteiger partial charge in [-0.15, -0.1) is 11.3 Å². The first kappa shape index (κ1) is 19.3. The van der Waals surface area contributed by atoms with Crippen LogP contribution in [0.1, 0.15) is 11.3 Å². The number of thioether (sulfide) groups is 1. The average molecular weight is 456 g/mol. The van der Waals surface area contributed by atoms with E-state index in [1.807, 2.05) is 53.9 Å². The molecule has 4 aromatic heterocycles. The summed E-state index contributed by atoms with van der Waals surface area (Å²) < 4.78 is 6.93. The Morgan fingerprint density at radius 2 is 1.84 bits per heavy atom. The summed E-state index contributed by atoms with van der Waals surface area (Å²) >= 11 is 3.04. The van der Waals surface area contributed by atoms with Crippen LogP contribution < -0.4 is 5.56 Å². The summed E-state index contributed by atoms with van der Waals surface area (Å²) in [5, 5.41) is 10.0. The van der Waals surface area contributed by atoms with E-state index in [4.69, 9.17) is 14.5 Å². The van der Waals surface area contributed by atoms with Crippen LogP contribution in [0.3, 0.4) is 0 Å². The molecule has 0 aliphatic heterocycles. The maximum Gasteiger partial charge on any atom is 0.283 e. The number of hydrogen-bond acceptors (Lipinski definition) is 6. The van der Waals surface area contributed by atoms with Crippen molar-refractivity contribution in [1.82, 2.24) is 14.6 Å². The van der Waals surface area contributed by atoms with Crippen LogP contribution >= 0.6 is 23.1 Å². The number of hydrogen-bond donors (Lipinski definition) is 0. The summed E-state index contributed by atoms with van der Waals surface area (Å²) in [6.45, 7) is 2.05. The molecule has 0 N–H and O–H groups in total. The van der Waals surface area contributed by atoms with Crippen LogP contribution in [0, 0.1) is 6.92 Å². The van der Waals surface area contributed by atoms with Gasteiger partial charge in [-0.2, -0.15) is 9.61 Å². The van der Waals surface area contributed by atoms with Crippen LogP contribution in [0.25, 0.3) is 37.8 Å². The minimum atomic E-state index is -0.146. The molecular weight excluding hydrogens is 438 g/mol. The van der Waals surface area contributed by atoms with Gasteiger partial charge in [0.2, 0.25) is 0 Å². The number of rotatable bonds is 4. The molecule has 0 amide bonds. The first-order chi connectivity index (χ1) is 15.7. The Morgan fingerprint density at radius 1 is 1.03 bits per heavy atom. The molecule has 0 spiro atoms. The smallest absolute Gasteiger partial charge is 0.283 e. The van der Waals surface area contributed by atoms with Gasteiger partial charge < -0.3 is 4.42 Å². The molecule has 0 unspecified atom stereocenters. The van der Waals surface area contributed by atoms with Crippen molar-refractivity contribution in [2.24, 2.45) is 0 Å². The minimum Gasteiger partial charge on any atom is -0.468 e. The molecule has 0 fully saturated rings. The fourth-order valence-corrected chi connectivity index (χ4v) is 5.70. The molecule has 6 aromatic rings. The van der Waals surface area contributed by atoms with E-state index in [0.717, 1.165) is 37.5 Å². The number of aryl methyl sites for hydroxylation is 1. The van der Waals surface area contributed by atoms with E-state index in [0.29, 0.717) is 16.8 Å². The molecule has 6 rings (SSSR count). The summed E-state index contributed by atoms with van der Waals surface area (Å²) in [5.41, 5.74) is 3.52. The molecule has 0 aliphatic rings. The molecule has 0 aliphatic carbocycles. The van der Waals surface area contributed by atoms with Crippen LogP contribution in [-0.2, 0) is 5.75 Å². The predicted molar refractivity (Wildman–Crippen MR) is 131 cm³/mol. The van der Waals surface area contributed by atoms with Gasteiger partial charge in [-0.05, 0) is 24.6 Å². The van der Waals surface area contributed by atoms with Crippen LogP contribution in [0.15, 0.2) is 86.5 Å². The maximum atomic E-state index is 13.7. The second-order valence-electron chi connectivity index (χ2n) is 7.57. The summed E-state index contributed by atoms with van der Waals surface area (Å²) in [6, 6.07) is 20.0. The van der Waals surface area contributed by atoms with E-state index in [1.54, 1.807) is 18.0 Å². The number of thiophene rings is 1. The van der Waals surface area contributed by atoms with Crippen molar-refractivity contribution < 1.29 is 4.42 Å². The van der Waals surface area contributed by atoms with E-state index >= 15 is 0 Å². The highest BCUT2D eigenvalue weighted by molar-refractivity contribution is 7.98. The minimum absolute atomic E-state index is 0.146. The third-order valence-electron chi connectivity index (χ3n) is 5.47. The molecule has 0 radical (unpaired) electrons. The molecule has 0 saturated heterocycles. The third kappa shape index (κ3) is 3.13. The van der Waals surface area contributed by atoms with Crippen LogP contribution in [0.4, 0.5) is 0 Å². The summed E-state index contributed by atoms with van der Waals surface area (Å²) in [6.07, 6.45) is 1.66. The van der Waals surface area contributed by atoms with Gasteiger partial charge in [0.1, 0.15) is 15.6 Å². The van der Waals surface area contributed by atoms with Crippen molar-refractivity contribution in [2.75, 3.05) is 0 Å². The van der Waals surface area contributed by atoms with Crippen molar-refractivity contribution in [3.8, 4) is 11.1 Å². The van der Waals surface area contributed by atoms with E-state index in [1.165, 1.54) is 21.4 Å². The zero-order valence-corrected chi connectivity index (χ0v) is 18.7. The second-order valence-corrected chi connectivity index (χ2v) is 9.39. The van der Waals surface area contributed by atoms with Crippen LogP contribution in [0.5, 0.6) is 0 Å². The van der Waals surface area contributed by atoms with E-state index < -0.39 is 0 Å². The van der Waals surface area contributed by atoms with E-state index in [2.05, 4.69) is 19.1 Å². The lowest BCUT2D eigenvalue weighted by atomic mass is 10.1. The largest absolute Gasteiger partial charge is 0.468 e. The predicted octanol–water partition coefficient (Wildman–Crippen LogP) is 6.32. The summed E-state index contributed by atoms with van der Waals surface area (Å²) in [5.74, 6) is 1.49. The maximum absolute atomic E-state index is 13.7. The topological polar surface area (TPSA) is 60.4 Å². The molecule has 0 saturated carbocycles. The van der Waals surface area contributed by atoms with Gasteiger partial charge in [-0.1, -0.05) is 65.9 Å². The number of fused-ring (bicyclic) bond motifs is 4. The standard InChI is InChI=1S/C25H17N3O2S2/c1-15-8-10-16(11-9-15)20-14-32-24-21(20)25(29)28-22(26-24)18-6-2-3-7-19(18)23(27-28)31-13-17-5-4-12-30-17/h2-12,14H,13H2,1H3. The summed E-state index contributed by atoms with van der Waals surface area (Å²) in [4.78, 5) is 19.3. The van der Waals surface area contributed by atoms with Gasteiger partial charge in [0.15, 0.2) is 5.65 Å². The van der Waals surface area contributed by atoms with Crippen molar-refractivity contribution in [3.05, 3.63) is 94.0 Å². The Kier molecular flexibility index (Phi) is 4.59. The van der Waals surface area contributed by atoms with Gasteiger partial charge in [0.25, 0.3) is 5.56 Å². The Labute approximate surface area is 191 Å². The number of benzene rings is 2. The Bertz CT molecular complexity index is 1650. The Hall–Kier alpha value is -3.42. The Morgan fingerprint density at radius 3 is 2.62 bits per heavy atom. The quantitative estimate of drug-likeness (QED) is 0.230.